The Hall–Kier alpha value is -0.660. The molecule has 1 atom stereocenters. The Morgan fingerprint density at radius 1 is 1.50 bits per heavy atom. The molecule has 4 nitrogen and oxygen atoms in total. The average molecular weight is 385 g/mol. The van der Waals surface area contributed by atoms with Crippen LogP contribution in [0.5, 0.6) is 0 Å². The Bertz CT molecular complexity index is 665. The Kier molecular flexibility index (Phi) is 4.41. The number of carbonyl (C=O) groups excluding carboxylic acids is 1. The Balaban J connectivity index is 2.26. The van der Waals surface area contributed by atoms with Crippen LogP contribution in [-0.2, 0) is 15.0 Å². The van der Waals surface area contributed by atoms with Crippen LogP contribution < -0.4 is 4.90 Å². The van der Waals surface area contributed by atoms with Gasteiger partial charge in [-0.3, -0.25) is 4.79 Å². The van der Waals surface area contributed by atoms with E-state index in [1.54, 1.807) is 12.1 Å². The number of amides is 1. The summed E-state index contributed by atoms with van der Waals surface area (Å²) in [6.07, 6.45) is 0.0241. The molecule has 1 fully saturated rings. The molecule has 0 spiro atoms. The maximum Gasteiger partial charge on any atom is 0.302 e. The topological polar surface area (TPSA) is 54.5 Å². The molecule has 0 bridgehead atoms. The van der Waals surface area contributed by atoms with E-state index >= 15 is 0 Å². The van der Waals surface area contributed by atoms with E-state index in [0.29, 0.717) is 10.7 Å². The lowest BCUT2D eigenvalue weighted by atomic mass is 10.1. The minimum atomic E-state index is -4.57. The van der Waals surface area contributed by atoms with Crippen LogP contribution in [0, 0.1) is 12.8 Å². The summed E-state index contributed by atoms with van der Waals surface area (Å²) in [7, 11) is -4.57. The third kappa shape index (κ3) is 3.51. The molecule has 2 rings (SSSR count). The predicted molar refractivity (Wildman–Crippen MR) is 79.2 cm³/mol. The summed E-state index contributed by atoms with van der Waals surface area (Å²) in [4.78, 5) is 13.4. The molecule has 0 aromatic heterocycles. The molecule has 8 heteroatoms. The van der Waals surface area contributed by atoms with E-state index in [1.165, 1.54) is 4.90 Å². The lowest BCUT2D eigenvalue weighted by molar-refractivity contribution is -0.117. The Morgan fingerprint density at radius 3 is 2.75 bits per heavy atom. The van der Waals surface area contributed by atoms with E-state index in [1.807, 2.05) is 6.92 Å². The van der Waals surface area contributed by atoms with Crippen molar-refractivity contribution >= 4 is 49.3 Å². The Morgan fingerprint density at radius 2 is 2.15 bits per heavy atom. The number of hydrogen-bond acceptors (Lipinski definition) is 3. The minimum Gasteiger partial charge on any atom is -0.312 e. The second kappa shape index (κ2) is 5.61. The van der Waals surface area contributed by atoms with Crippen molar-refractivity contribution in [3.05, 3.63) is 27.2 Å². The maximum atomic E-state index is 12.7. The number of carbonyl (C=O) groups is 1. The van der Waals surface area contributed by atoms with Crippen LogP contribution in [0.25, 0.3) is 0 Å². The standard InChI is InChI=1S/C12H12BrClFNO3S/c1-7-2-9(13)10(14)4-11(7)16-5-8(3-12(16)17)6-20(15,18)19/h2,4,8H,3,5-6H2,1H3. The van der Waals surface area contributed by atoms with E-state index in [9.17, 15) is 17.1 Å². The fraction of sp³-hybridized carbons (Fsp3) is 0.417. The summed E-state index contributed by atoms with van der Waals surface area (Å²) in [5.41, 5.74) is 1.46. The van der Waals surface area contributed by atoms with Crippen LogP contribution >= 0.6 is 27.5 Å². The van der Waals surface area contributed by atoms with Gasteiger partial charge in [-0.15, -0.1) is 3.89 Å². The third-order valence-corrected chi connectivity index (χ3v) is 5.24. The van der Waals surface area contributed by atoms with Gasteiger partial charge >= 0.3 is 10.2 Å². The summed E-state index contributed by atoms with van der Waals surface area (Å²) in [5, 5.41) is 0.458. The lowest BCUT2D eigenvalue weighted by Crippen LogP contribution is -2.26. The second-order valence-corrected chi connectivity index (χ2v) is 7.51. The smallest absolute Gasteiger partial charge is 0.302 e. The molecule has 20 heavy (non-hydrogen) atoms. The number of halogens is 3. The van der Waals surface area contributed by atoms with Gasteiger partial charge in [-0.05, 0) is 40.5 Å². The maximum absolute atomic E-state index is 12.7. The number of rotatable bonds is 3. The second-order valence-electron chi connectivity index (χ2n) is 4.83. The summed E-state index contributed by atoms with van der Waals surface area (Å²) in [6.45, 7) is 2.00. The molecule has 1 heterocycles. The summed E-state index contributed by atoms with van der Waals surface area (Å²) in [6, 6.07) is 3.43. The zero-order chi connectivity index (χ0) is 15.1. The van der Waals surface area contributed by atoms with E-state index in [4.69, 9.17) is 11.6 Å². The van der Waals surface area contributed by atoms with Crippen LogP contribution in [0.15, 0.2) is 16.6 Å². The third-order valence-electron chi connectivity index (χ3n) is 3.17. The van der Waals surface area contributed by atoms with Gasteiger partial charge in [0.1, 0.15) is 0 Å². The van der Waals surface area contributed by atoms with Gasteiger partial charge in [0.15, 0.2) is 0 Å². The first kappa shape index (κ1) is 15.7. The van der Waals surface area contributed by atoms with Gasteiger partial charge < -0.3 is 4.90 Å². The van der Waals surface area contributed by atoms with Gasteiger partial charge in [0.25, 0.3) is 0 Å². The molecule has 0 radical (unpaired) electrons. The van der Waals surface area contributed by atoms with Crippen molar-refractivity contribution in [1.82, 2.24) is 0 Å². The minimum absolute atomic E-state index is 0.0241. The van der Waals surface area contributed by atoms with Crippen LogP contribution in [0.2, 0.25) is 5.02 Å². The highest BCUT2D eigenvalue weighted by Gasteiger charge is 2.34. The first-order chi connectivity index (χ1) is 9.17. The molecule has 1 aromatic carbocycles. The number of hydrogen-bond donors (Lipinski definition) is 0. The van der Waals surface area contributed by atoms with Gasteiger partial charge in [-0.1, -0.05) is 11.6 Å². The molecule has 1 amide bonds. The molecule has 110 valence electrons. The van der Waals surface area contributed by atoms with Crippen molar-refractivity contribution < 1.29 is 17.1 Å². The molecule has 1 aliphatic rings. The summed E-state index contributed by atoms with van der Waals surface area (Å²) in [5.74, 6) is -1.38. The summed E-state index contributed by atoms with van der Waals surface area (Å²) >= 11 is 9.31. The first-order valence-corrected chi connectivity index (χ1v) is 8.58. The van der Waals surface area contributed by atoms with E-state index < -0.39 is 21.9 Å². The van der Waals surface area contributed by atoms with Crippen molar-refractivity contribution in [2.75, 3.05) is 17.2 Å². The molecule has 0 N–H and O–H groups in total. The molecule has 0 aliphatic carbocycles. The largest absolute Gasteiger partial charge is 0.312 e. The molecule has 1 aromatic rings. The van der Waals surface area contributed by atoms with Crippen LogP contribution in [0.3, 0.4) is 0 Å². The number of aryl methyl sites for hydroxylation is 1. The lowest BCUT2D eigenvalue weighted by Gasteiger charge is -2.19. The van der Waals surface area contributed by atoms with Gasteiger partial charge in [0.05, 0.1) is 10.8 Å². The number of nitrogens with zero attached hydrogens (tertiary/aromatic N) is 1. The average Bonchev–Trinajstić information content (AvgIpc) is 2.62. The molecular formula is C12H12BrClFNO3S. The monoisotopic (exact) mass is 383 g/mol. The molecule has 1 aliphatic heterocycles. The van der Waals surface area contributed by atoms with Gasteiger partial charge in [0, 0.05) is 29.0 Å². The van der Waals surface area contributed by atoms with Crippen molar-refractivity contribution in [3.63, 3.8) is 0 Å². The highest BCUT2D eigenvalue weighted by molar-refractivity contribution is 9.10. The molecule has 1 saturated heterocycles. The predicted octanol–water partition coefficient (Wildman–Crippen LogP) is 3.06. The van der Waals surface area contributed by atoms with Crippen LogP contribution in [0.1, 0.15) is 12.0 Å². The van der Waals surface area contributed by atoms with Crippen molar-refractivity contribution in [2.45, 2.75) is 13.3 Å². The van der Waals surface area contributed by atoms with Crippen LogP contribution in [-0.4, -0.2) is 26.6 Å². The van der Waals surface area contributed by atoms with Gasteiger partial charge in [-0.2, -0.15) is 8.42 Å². The van der Waals surface area contributed by atoms with Crippen molar-refractivity contribution in [3.8, 4) is 0 Å². The quantitative estimate of drug-likeness (QED) is 0.753. The van der Waals surface area contributed by atoms with Gasteiger partial charge in [0.2, 0.25) is 5.91 Å². The zero-order valence-electron chi connectivity index (χ0n) is 10.6. The fourth-order valence-corrected chi connectivity index (χ4v) is 3.74. The highest BCUT2D eigenvalue weighted by atomic mass is 79.9. The normalized spacial score (nSPS) is 19.7. The zero-order valence-corrected chi connectivity index (χ0v) is 13.7. The number of benzene rings is 1. The Labute approximate surface area is 130 Å². The van der Waals surface area contributed by atoms with E-state index in [0.717, 1.165) is 10.0 Å². The highest BCUT2D eigenvalue weighted by Crippen LogP contribution is 2.34. The van der Waals surface area contributed by atoms with E-state index in [-0.39, 0.29) is 18.9 Å². The van der Waals surface area contributed by atoms with Gasteiger partial charge in [-0.25, -0.2) is 0 Å². The molecule has 1 unspecified atom stereocenters. The van der Waals surface area contributed by atoms with E-state index in [2.05, 4.69) is 15.9 Å². The molecule has 0 saturated carbocycles. The first-order valence-electron chi connectivity index (χ1n) is 5.85. The van der Waals surface area contributed by atoms with Crippen LogP contribution in [0.4, 0.5) is 9.57 Å². The number of anilines is 1. The van der Waals surface area contributed by atoms with Crippen molar-refractivity contribution in [2.24, 2.45) is 5.92 Å². The summed E-state index contributed by atoms with van der Waals surface area (Å²) < 4.78 is 34.8. The SMILES string of the molecule is Cc1cc(Br)c(Cl)cc1N1CC(CS(=O)(=O)F)CC1=O. The van der Waals surface area contributed by atoms with Crippen molar-refractivity contribution in [1.29, 1.82) is 0 Å². The molecular weight excluding hydrogens is 373 g/mol. The fourth-order valence-electron chi connectivity index (χ4n) is 2.33.